The standard InChI is InChI=1S/C28H30N2O6/c31-24(20-33-17-21-10-4-1-5-11-21)26(34-18-22-12-6-2-7-13-22)27(25-16-29-30-28(32)36-25)35-19-23-14-8-3-9-15-23/h1-16,24-27,31H,17-20H2,(H,30,32)/t24-,25+,26-,27-/m1/s1. The van der Waals surface area contributed by atoms with Crippen LogP contribution < -0.4 is 5.43 Å². The molecule has 4 rings (SSSR count). The topological polar surface area (TPSA) is 98.6 Å². The number of aliphatic hydroxyl groups is 1. The van der Waals surface area contributed by atoms with Gasteiger partial charge in [0, 0.05) is 0 Å². The molecule has 2 N–H and O–H groups in total. The Bertz CT molecular complexity index is 1080. The Morgan fingerprint density at radius 1 is 0.806 bits per heavy atom. The highest BCUT2D eigenvalue weighted by Crippen LogP contribution is 2.21. The van der Waals surface area contributed by atoms with Gasteiger partial charge in [0.1, 0.15) is 18.3 Å². The highest BCUT2D eigenvalue weighted by atomic mass is 16.6. The first-order chi connectivity index (χ1) is 17.7. The lowest BCUT2D eigenvalue weighted by molar-refractivity contribution is -0.166. The first kappa shape index (κ1) is 25.5. The third-order valence-electron chi connectivity index (χ3n) is 5.62. The van der Waals surface area contributed by atoms with Gasteiger partial charge >= 0.3 is 6.09 Å². The van der Waals surface area contributed by atoms with Gasteiger partial charge in [-0.25, -0.2) is 10.2 Å². The Kier molecular flexibility index (Phi) is 9.58. The van der Waals surface area contributed by atoms with Crippen molar-refractivity contribution in [3.8, 4) is 0 Å². The van der Waals surface area contributed by atoms with Crippen molar-refractivity contribution in [2.75, 3.05) is 6.61 Å². The third kappa shape index (κ3) is 7.73. The molecule has 3 aromatic carbocycles. The summed E-state index contributed by atoms with van der Waals surface area (Å²) in [4.78, 5) is 11.9. The van der Waals surface area contributed by atoms with Gasteiger partial charge in [-0.3, -0.25) is 0 Å². The summed E-state index contributed by atoms with van der Waals surface area (Å²) in [5, 5.41) is 15.1. The number of cyclic esters (lactones) is 1. The summed E-state index contributed by atoms with van der Waals surface area (Å²) in [6.07, 6.45) is -2.93. The first-order valence-electron chi connectivity index (χ1n) is 11.8. The number of carbonyl (C=O) groups is 1. The molecule has 188 valence electrons. The van der Waals surface area contributed by atoms with Gasteiger partial charge in [0.05, 0.1) is 32.6 Å². The quantitative estimate of drug-likeness (QED) is 0.378. The van der Waals surface area contributed by atoms with Crippen LogP contribution >= 0.6 is 0 Å². The van der Waals surface area contributed by atoms with Gasteiger partial charge in [-0.05, 0) is 16.7 Å². The van der Waals surface area contributed by atoms with Crippen LogP contribution in [0.3, 0.4) is 0 Å². The molecule has 1 heterocycles. The van der Waals surface area contributed by atoms with Crippen molar-refractivity contribution in [2.24, 2.45) is 5.10 Å². The predicted octanol–water partition coefficient (Wildman–Crippen LogP) is 3.83. The summed E-state index contributed by atoms with van der Waals surface area (Å²) in [7, 11) is 0. The highest BCUT2D eigenvalue weighted by molar-refractivity contribution is 5.77. The number of hydrazone groups is 1. The largest absolute Gasteiger partial charge is 0.436 e. The van der Waals surface area contributed by atoms with E-state index in [0.717, 1.165) is 16.7 Å². The number of benzene rings is 3. The van der Waals surface area contributed by atoms with Crippen molar-refractivity contribution in [3.63, 3.8) is 0 Å². The molecule has 1 aliphatic rings. The minimum Gasteiger partial charge on any atom is -0.436 e. The number of hydrogen-bond acceptors (Lipinski definition) is 7. The molecule has 0 fully saturated rings. The molecule has 8 heteroatoms. The summed E-state index contributed by atoms with van der Waals surface area (Å²) < 4.78 is 23.7. The van der Waals surface area contributed by atoms with Crippen molar-refractivity contribution >= 4 is 12.3 Å². The van der Waals surface area contributed by atoms with E-state index in [4.69, 9.17) is 18.9 Å². The van der Waals surface area contributed by atoms with Crippen molar-refractivity contribution in [1.29, 1.82) is 0 Å². The van der Waals surface area contributed by atoms with Crippen LogP contribution in [0.5, 0.6) is 0 Å². The smallest absolute Gasteiger partial charge is 0.428 e. The van der Waals surface area contributed by atoms with Crippen LogP contribution in [-0.4, -0.2) is 48.4 Å². The van der Waals surface area contributed by atoms with Crippen LogP contribution in [-0.2, 0) is 38.8 Å². The van der Waals surface area contributed by atoms with Crippen LogP contribution in [0.1, 0.15) is 16.7 Å². The molecule has 0 aliphatic carbocycles. The van der Waals surface area contributed by atoms with E-state index in [0.29, 0.717) is 6.61 Å². The molecule has 36 heavy (non-hydrogen) atoms. The predicted molar refractivity (Wildman–Crippen MR) is 134 cm³/mol. The first-order valence-corrected chi connectivity index (χ1v) is 11.8. The van der Waals surface area contributed by atoms with E-state index in [1.54, 1.807) is 0 Å². The second-order valence-corrected chi connectivity index (χ2v) is 8.35. The van der Waals surface area contributed by atoms with E-state index in [1.165, 1.54) is 6.21 Å². The average Bonchev–Trinajstić information content (AvgIpc) is 2.92. The summed E-state index contributed by atoms with van der Waals surface area (Å²) >= 11 is 0. The van der Waals surface area contributed by atoms with Gasteiger partial charge in [-0.1, -0.05) is 91.0 Å². The van der Waals surface area contributed by atoms with Gasteiger partial charge in [-0.2, -0.15) is 5.10 Å². The van der Waals surface area contributed by atoms with E-state index in [-0.39, 0.29) is 19.8 Å². The Morgan fingerprint density at radius 3 is 1.89 bits per heavy atom. The second kappa shape index (κ2) is 13.5. The molecule has 0 bridgehead atoms. The van der Waals surface area contributed by atoms with Crippen molar-refractivity contribution < 1.29 is 28.8 Å². The summed E-state index contributed by atoms with van der Waals surface area (Å²) in [5.74, 6) is 0. The number of hydrogen-bond donors (Lipinski definition) is 2. The zero-order valence-electron chi connectivity index (χ0n) is 19.8. The maximum Gasteiger partial charge on any atom is 0.428 e. The summed E-state index contributed by atoms with van der Waals surface area (Å²) in [5.41, 5.74) is 5.09. The van der Waals surface area contributed by atoms with E-state index in [9.17, 15) is 9.90 Å². The number of aliphatic hydroxyl groups excluding tert-OH is 1. The van der Waals surface area contributed by atoms with Gasteiger partial charge < -0.3 is 24.1 Å². The molecule has 3 aromatic rings. The fraction of sp³-hybridized carbons (Fsp3) is 0.286. The second-order valence-electron chi connectivity index (χ2n) is 8.35. The van der Waals surface area contributed by atoms with Crippen LogP contribution in [0.15, 0.2) is 96.1 Å². The highest BCUT2D eigenvalue weighted by Gasteiger charge is 2.39. The molecule has 0 saturated heterocycles. The van der Waals surface area contributed by atoms with Crippen molar-refractivity contribution in [3.05, 3.63) is 108 Å². The molecule has 8 nitrogen and oxygen atoms in total. The Morgan fingerprint density at radius 2 is 1.33 bits per heavy atom. The van der Waals surface area contributed by atoms with Gasteiger partial charge in [0.15, 0.2) is 6.10 Å². The number of rotatable bonds is 13. The maximum atomic E-state index is 11.9. The molecule has 0 saturated carbocycles. The molecule has 4 atom stereocenters. The lowest BCUT2D eigenvalue weighted by atomic mass is 10.0. The van der Waals surface area contributed by atoms with Crippen LogP contribution in [0.4, 0.5) is 4.79 Å². The van der Waals surface area contributed by atoms with E-state index >= 15 is 0 Å². The zero-order valence-corrected chi connectivity index (χ0v) is 19.8. The van der Waals surface area contributed by atoms with Crippen molar-refractivity contribution in [2.45, 2.75) is 44.2 Å². The molecule has 1 aliphatic heterocycles. The van der Waals surface area contributed by atoms with Crippen LogP contribution in [0.2, 0.25) is 0 Å². The molecule has 0 unspecified atom stereocenters. The normalized spacial score (nSPS) is 17.6. The van der Waals surface area contributed by atoms with Crippen LogP contribution in [0, 0.1) is 0 Å². The van der Waals surface area contributed by atoms with Crippen LogP contribution in [0.25, 0.3) is 0 Å². The molecule has 0 spiro atoms. The minimum atomic E-state index is -1.07. The molecular formula is C28H30N2O6. The molecule has 0 radical (unpaired) electrons. The van der Waals surface area contributed by atoms with Gasteiger partial charge in [0.2, 0.25) is 0 Å². The monoisotopic (exact) mass is 490 g/mol. The number of nitrogens with zero attached hydrogens (tertiary/aromatic N) is 1. The zero-order chi connectivity index (χ0) is 25.0. The lowest BCUT2D eigenvalue weighted by Gasteiger charge is -2.35. The molecule has 1 amide bonds. The molecular weight excluding hydrogens is 460 g/mol. The summed E-state index contributed by atoms with van der Waals surface area (Å²) in [6.45, 7) is 0.782. The van der Waals surface area contributed by atoms with Gasteiger partial charge in [-0.15, -0.1) is 0 Å². The Labute approximate surface area is 210 Å². The minimum absolute atomic E-state index is 0.00436. The van der Waals surface area contributed by atoms with E-state index < -0.39 is 30.5 Å². The summed E-state index contributed by atoms with van der Waals surface area (Å²) in [6, 6.07) is 28.9. The third-order valence-corrected chi connectivity index (χ3v) is 5.62. The fourth-order valence-electron chi connectivity index (χ4n) is 3.80. The van der Waals surface area contributed by atoms with E-state index in [1.807, 2.05) is 91.0 Å². The SMILES string of the molecule is O=C1NN=C[C@@H]([C@@H](OCc2ccccc2)[C@H](OCc2ccccc2)[C@H](O)COCc2ccccc2)O1. The number of nitrogens with one attached hydrogen (secondary N) is 1. The number of carbonyl (C=O) groups excluding carboxylic acids is 1. The lowest BCUT2D eigenvalue weighted by Crippen LogP contribution is -2.52. The average molecular weight is 491 g/mol. The Balaban J connectivity index is 1.51. The van der Waals surface area contributed by atoms with E-state index in [2.05, 4.69) is 10.5 Å². The number of amides is 1. The number of ether oxygens (including phenoxy) is 4. The van der Waals surface area contributed by atoms with Crippen molar-refractivity contribution in [1.82, 2.24) is 5.43 Å². The van der Waals surface area contributed by atoms with Gasteiger partial charge in [0.25, 0.3) is 0 Å². The maximum absolute atomic E-state index is 11.9. The fourth-order valence-corrected chi connectivity index (χ4v) is 3.80. The Hall–Kier alpha value is -3.56. The molecule has 0 aromatic heterocycles.